The smallest absolute Gasteiger partial charge is 0.133 e. The van der Waals surface area contributed by atoms with Crippen molar-refractivity contribution in [3.05, 3.63) is 64.8 Å². The van der Waals surface area contributed by atoms with E-state index in [2.05, 4.69) is 10.3 Å². The molecule has 20 heavy (non-hydrogen) atoms. The predicted octanol–water partition coefficient (Wildman–Crippen LogP) is 4.19. The Balaban J connectivity index is 2.17. The minimum atomic E-state index is 0.488. The van der Waals surface area contributed by atoms with Gasteiger partial charge in [-0.1, -0.05) is 35.9 Å². The zero-order valence-corrected chi connectivity index (χ0v) is 11.8. The maximum Gasteiger partial charge on any atom is 0.133 e. The van der Waals surface area contributed by atoms with Crippen LogP contribution in [-0.4, -0.2) is 5.84 Å². The Labute approximate surface area is 122 Å². The molecule has 0 unspecified atom stereocenters. The number of hydrogen-bond donors (Lipinski definition) is 2. The van der Waals surface area contributed by atoms with Crippen molar-refractivity contribution in [2.75, 3.05) is 5.32 Å². The number of halogens is 1. The number of benzene rings is 2. The van der Waals surface area contributed by atoms with Gasteiger partial charge in [0.2, 0.25) is 0 Å². The van der Waals surface area contributed by atoms with E-state index >= 15 is 0 Å². The van der Waals surface area contributed by atoms with Crippen molar-refractivity contribution in [3.8, 4) is 0 Å². The first-order valence-electron chi connectivity index (χ1n) is 6.32. The average Bonchev–Trinajstić information content (AvgIpc) is 2.53. The summed E-state index contributed by atoms with van der Waals surface area (Å²) >= 11 is 6.07. The highest BCUT2D eigenvalue weighted by molar-refractivity contribution is 6.31. The van der Waals surface area contributed by atoms with Gasteiger partial charge >= 0.3 is 0 Å². The van der Waals surface area contributed by atoms with Crippen LogP contribution in [0.2, 0.25) is 5.02 Å². The fourth-order valence-corrected chi connectivity index (χ4v) is 2.52. The number of nitrogens with zero attached hydrogens (tertiary/aromatic N) is 1. The van der Waals surface area contributed by atoms with Crippen LogP contribution in [0.5, 0.6) is 0 Å². The van der Waals surface area contributed by atoms with Gasteiger partial charge in [-0.3, -0.25) is 0 Å². The van der Waals surface area contributed by atoms with Crippen LogP contribution in [0.4, 0.5) is 11.4 Å². The van der Waals surface area contributed by atoms with Crippen LogP contribution >= 0.6 is 11.6 Å². The largest absolute Gasteiger partial charge is 0.383 e. The summed E-state index contributed by atoms with van der Waals surface area (Å²) in [7, 11) is 0. The monoisotopic (exact) mass is 283 g/mol. The molecule has 0 fully saturated rings. The first kappa shape index (κ1) is 12.8. The molecule has 0 radical (unpaired) electrons. The van der Waals surface area contributed by atoms with Crippen molar-refractivity contribution in [1.29, 1.82) is 0 Å². The fraction of sp³-hybridized carbons (Fsp3) is 0.0625. The Hall–Kier alpha value is -2.26. The standard InChI is InChI=1S/C16H14ClN3/c1-10-15(11-5-4-6-12(17)9-11)16(18)20-14-8-3-2-7-13(14)19-10/h2-9,19H,1H3,(H2,18,20). The summed E-state index contributed by atoms with van der Waals surface area (Å²) in [6.07, 6.45) is 0. The second-order valence-corrected chi connectivity index (χ2v) is 5.09. The van der Waals surface area contributed by atoms with Gasteiger partial charge in [0, 0.05) is 16.3 Å². The quantitative estimate of drug-likeness (QED) is 0.825. The highest BCUT2D eigenvalue weighted by Gasteiger charge is 2.16. The second kappa shape index (κ2) is 5.02. The van der Waals surface area contributed by atoms with Gasteiger partial charge in [0.1, 0.15) is 5.84 Å². The number of allylic oxidation sites excluding steroid dienone is 1. The molecule has 0 aromatic heterocycles. The number of rotatable bonds is 1. The lowest BCUT2D eigenvalue weighted by Gasteiger charge is -2.11. The van der Waals surface area contributed by atoms with Crippen molar-refractivity contribution < 1.29 is 0 Å². The molecule has 1 aliphatic heterocycles. The van der Waals surface area contributed by atoms with E-state index in [1.54, 1.807) is 0 Å². The van der Waals surface area contributed by atoms with Crippen molar-refractivity contribution in [3.63, 3.8) is 0 Å². The summed E-state index contributed by atoms with van der Waals surface area (Å²) in [5, 5.41) is 4.04. The zero-order valence-electron chi connectivity index (χ0n) is 11.0. The van der Waals surface area contributed by atoms with E-state index in [1.165, 1.54) is 0 Å². The number of para-hydroxylation sites is 2. The Morgan fingerprint density at radius 1 is 1.10 bits per heavy atom. The summed E-state index contributed by atoms with van der Waals surface area (Å²) in [6.45, 7) is 1.99. The summed E-state index contributed by atoms with van der Waals surface area (Å²) in [4.78, 5) is 4.51. The van der Waals surface area contributed by atoms with E-state index in [0.29, 0.717) is 10.9 Å². The average molecular weight is 284 g/mol. The molecule has 0 atom stereocenters. The Bertz CT molecular complexity index is 732. The minimum absolute atomic E-state index is 0.488. The van der Waals surface area contributed by atoms with Crippen molar-refractivity contribution in [2.24, 2.45) is 10.7 Å². The SMILES string of the molecule is CC1=C(c2cccc(Cl)c2)C(N)=Nc2ccccc2N1. The second-order valence-electron chi connectivity index (χ2n) is 4.65. The van der Waals surface area contributed by atoms with Gasteiger partial charge in [-0.15, -0.1) is 0 Å². The topological polar surface area (TPSA) is 50.4 Å². The Morgan fingerprint density at radius 3 is 2.70 bits per heavy atom. The molecular weight excluding hydrogens is 270 g/mol. The summed E-state index contributed by atoms with van der Waals surface area (Å²) < 4.78 is 0. The van der Waals surface area contributed by atoms with E-state index in [0.717, 1.165) is 28.2 Å². The van der Waals surface area contributed by atoms with E-state index in [4.69, 9.17) is 17.3 Å². The van der Waals surface area contributed by atoms with Gasteiger partial charge in [-0.05, 0) is 36.8 Å². The molecule has 3 rings (SSSR count). The molecule has 0 saturated heterocycles. The van der Waals surface area contributed by atoms with E-state index in [-0.39, 0.29) is 0 Å². The van der Waals surface area contributed by atoms with Crippen LogP contribution in [-0.2, 0) is 0 Å². The molecule has 0 aliphatic carbocycles. The summed E-state index contributed by atoms with van der Waals surface area (Å²) in [6, 6.07) is 15.4. The molecule has 1 heterocycles. The molecule has 3 N–H and O–H groups in total. The molecule has 4 heteroatoms. The van der Waals surface area contributed by atoms with Crippen LogP contribution in [0.15, 0.2) is 59.2 Å². The predicted molar refractivity (Wildman–Crippen MR) is 85.4 cm³/mol. The fourth-order valence-electron chi connectivity index (χ4n) is 2.33. The lowest BCUT2D eigenvalue weighted by atomic mass is 10.0. The van der Waals surface area contributed by atoms with E-state index < -0.39 is 0 Å². The molecule has 3 nitrogen and oxygen atoms in total. The van der Waals surface area contributed by atoms with Gasteiger partial charge in [-0.2, -0.15) is 0 Å². The molecule has 0 bridgehead atoms. The Kier molecular flexibility index (Phi) is 3.20. The van der Waals surface area contributed by atoms with Gasteiger partial charge in [-0.25, -0.2) is 4.99 Å². The lowest BCUT2D eigenvalue weighted by Crippen LogP contribution is -2.15. The molecule has 0 amide bonds. The third kappa shape index (κ3) is 2.28. The number of amidine groups is 1. The number of aliphatic imine (C=N–C) groups is 1. The third-order valence-corrected chi connectivity index (χ3v) is 3.45. The van der Waals surface area contributed by atoms with Crippen LogP contribution in [0.3, 0.4) is 0 Å². The van der Waals surface area contributed by atoms with Crippen molar-refractivity contribution in [1.82, 2.24) is 0 Å². The van der Waals surface area contributed by atoms with Gasteiger partial charge < -0.3 is 11.1 Å². The number of nitrogens with two attached hydrogens (primary N) is 1. The lowest BCUT2D eigenvalue weighted by molar-refractivity contribution is 1.39. The molecule has 1 aliphatic rings. The normalized spacial score (nSPS) is 14.2. The highest BCUT2D eigenvalue weighted by atomic mass is 35.5. The molecule has 2 aromatic rings. The molecule has 0 spiro atoms. The molecule has 100 valence electrons. The van der Waals surface area contributed by atoms with E-state index in [1.807, 2.05) is 55.5 Å². The highest BCUT2D eigenvalue weighted by Crippen LogP contribution is 2.32. The van der Waals surface area contributed by atoms with Crippen LogP contribution in [0.1, 0.15) is 12.5 Å². The molecule has 2 aromatic carbocycles. The summed E-state index contributed by atoms with van der Waals surface area (Å²) in [5.41, 5.74) is 10.7. The molecule has 0 saturated carbocycles. The van der Waals surface area contributed by atoms with Crippen LogP contribution < -0.4 is 11.1 Å². The van der Waals surface area contributed by atoms with Gasteiger partial charge in [0.25, 0.3) is 0 Å². The zero-order chi connectivity index (χ0) is 14.1. The van der Waals surface area contributed by atoms with Crippen LogP contribution in [0.25, 0.3) is 5.57 Å². The number of anilines is 1. The number of fused-ring (bicyclic) bond motifs is 1. The Morgan fingerprint density at radius 2 is 1.90 bits per heavy atom. The minimum Gasteiger partial charge on any atom is -0.383 e. The molecular formula is C16H14ClN3. The van der Waals surface area contributed by atoms with E-state index in [9.17, 15) is 0 Å². The maximum atomic E-state index is 6.18. The summed E-state index contributed by atoms with van der Waals surface area (Å²) in [5.74, 6) is 0.488. The van der Waals surface area contributed by atoms with Crippen molar-refractivity contribution >= 4 is 34.4 Å². The van der Waals surface area contributed by atoms with Crippen LogP contribution in [0, 0.1) is 0 Å². The van der Waals surface area contributed by atoms with Gasteiger partial charge in [0.05, 0.1) is 11.4 Å². The number of hydrogen-bond acceptors (Lipinski definition) is 3. The maximum absolute atomic E-state index is 6.18. The first-order chi connectivity index (χ1) is 9.65. The number of nitrogens with one attached hydrogen (secondary N) is 1. The first-order valence-corrected chi connectivity index (χ1v) is 6.70. The third-order valence-electron chi connectivity index (χ3n) is 3.21. The van der Waals surface area contributed by atoms with Gasteiger partial charge in [0.15, 0.2) is 0 Å². The van der Waals surface area contributed by atoms with Crippen molar-refractivity contribution in [2.45, 2.75) is 6.92 Å².